The van der Waals surface area contributed by atoms with Crippen LogP contribution in [0.4, 0.5) is 5.69 Å². The van der Waals surface area contributed by atoms with Crippen molar-refractivity contribution in [1.82, 2.24) is 4.90 Å². The predicted octanol–water partition coefficient (Wildman–Crippen LogP) is 3.69. The first-order chi connectivity index (χ1) is 9.61. The second-order valence-corrected chi connectivity index (χ2v) is 5.96. The number of nitrogens with one attached hydrogen (secondary N) is 1. The molecule has 0 saturated carbocycles. The molecular weight excluding hydrogens is 248 g/mol. The summed E-state index contributed by atoms with van der Waals surface area (Å²) in [7, 11) is 0. The van der Waals surface area contributed by atoms with Crippen LogP contribution in [0.25, 0.3) is 0 Å². The van der Waals surface area contributed by atoms with Crippen molar-refractivity contribution in [3.05, 3.63) is 29.3 Å². The van der Waals surface area contributed by atoms with Crippen LogP contribution in [0.15, 0.2) is 18.2 Å². The molecule has 3 nitrogen and oxygen atoms in total. The van der Waals surface area contributed by atoms with Crippen molar-refractivity contribution in [2.45, 2.75) is 40.0 Å². The fraction of sp³-hybridized carbons (Fsp3) is 0.588. The average Bonchev–Trinajstić information content (AvgIpc) is 2.45. The third-order valence-electron chi connectivity index (χ3n) is 3.98. The Morgan fingerprint density at radius 1 is 1.45 bits per heavy atom. The summed E-state index contributed by atoms with van der Waals surface area (Å²) in [6.45, 7) is 9.21. The van der Waals surface area contributed by atoms with Crippen LogP contribution in [0, 0.1) is 12.8 Å². The van der Waals surface area contributed by atoms with Crippen molar-refractivity contribution in [2.24, 2.45) is 5.92 Å². The largest absolute Gasteiger partial charge is 0.385 e. The lowest BCUT2D eigenvalue weighted by Crippen LogP contribution is -2.39. The fourth-order valence-electron chi connectivity index (χ4n) is 2.81. The molecule has 0 bridgehead atoms. The van der Waals surface area contributed by atoms with E-state index in [9.17, 15) is 4.79 Å². The number of nitrogens with zero attached hydrogens (tertiary/aromatic N) is 1. The molecule has 0 spiro atoms. The summed E-state index contributed by atoms with van der Waals surface area (Å²) in [5, 5.41) is 3.39. The highest BCUT2D eigenvalue weighted by Gasteiger charge is 2.22. The van der Waals surface area contributed by atoms with Gasteiger partial charge in [0.15, 0.2) is 0 Å². The maximum absolute atomic E-state index is 12.5. The number of piperidine rings is 1. The Hall–Kier alpha value is -1.51. The summed E-state index contributed by atoms with van der Waals surface area (Å²) in [5.41, 5.74) is 3.10. The summed E-state index contributed by atoms with van der Waals surface area (Å²) < 4.78 is 0. The number of carbonyl (C=O) groups is 1. The summed E-state index contributed by atoms with van der Waals surface area (Å²) in [6.07, 6.45) is 3.47. The SMILES string of the molecule is CCCNc1ccc(C(=O)N2CCCC(C)C2)cc1C. The first-order valence-corrected chi connectivity index (χ1v) is 7.75. The lowest BCUT2D eigenvalue weighted by atomic mass is 9.99. The minimum Gasteiger partial charge on any atom is -0.385 e. The van der Waals surface area contributed by atoms with E-state index in [-0.39, 0.29) is 5.91 Å². The maximum Gasteiger partial charge on any atom is 0.253 e. The van der Waals surface area contributed by atoms with Crippen LogP contribution in [-0.2, 0) is 0 Å². The van der Waals surface area contributed by atoms with E-state index in [1.165, 1.54) is 6.42 Å². The van der Waals surface area contributed by atoms with Gasteiger partial charge >= 0.3 is 0 Å². The third-order valence-corrected chi connectivity index (χ3v) is 3.98. The Labute approximate surface area is 122 Å². The molecule has 1 aromatic carbocycles. The molecule has 1 aromatic rings. The molecule has 1 amide bonds. The monoisotopic (exact) mass is 274 g/mol. The molecule has 110 valence electrons. The predicted molar refractivity (Wildman–Crippen MR) is 84.3 cm³/mol. The Morgan fingerprint density at radius 3 is 2.90 bits per heavy atom. The normalized spacial score (nSPS) is 18.9. The van der Waals surface area contributed by atoms with Crippen molar-refractivity contribution >= 4 is 11.6 Å². The molecule has 1 atom stereocenters. The fourth-order valence-corrected chi connectivity index (χ4v) is 2.81. The number of likely N-dealkylation sites (tertiary alicyclic amines) is 1. The molecule has 0 aliphatic carbocycles. The zero-order valence-corrected chi connectivity index (χ0v) is 12.9. The van der Waals surface area contributed by atoms with Gasteiger partial charge in [-0.1, -0.05) is 13.8 Å². The maximum atomic E-state index is 12.5. The highest BCUT2D eigenvalue weighted by atomic mass is 16.2. The summed E-state index contributed by atoms with van der Waals surface area (Å²) in [6, 6.07) is 6.00. The van der Waals surface area contributed by atoms with Gasteiger partial charge in [-0.3, -0.25) is 4.79 Å². The molecule has 3 heteroatoms. The first kappa shape index (κ1) is 14.9. The molecule has 20 heavy (non-hydrogen) atoms. The highest BCUT2D eigenvalue weighted by molar-refractivity contribution is 5.95. The Morgan fingerprint density at radius 2 is 2.25 bits per heavy atom. The van der Waals surface area contributed by atoms with E-state index in [2.05, 4.69) is 26.1 Å². The van der Waals surface area contributed by atoms with Gasteiger partial charge < -0.3 is 10.2 Å². The van der Waals surface area contributed by atoms with Gasteiger partial charge in [0.2, 0.25) is 0 Å². The van der Waals surface area contributed by atoms with E-state index < -0.39 is 0 Å². The number of hydrogen-bond donors (Lipinski definition) is 1. The molecular formula is C17H26N2O. The minimum atomic E-state index is 0.182. The second kappa shape index (κ2) is 6.78. The first-order valence-electron chi connectivity index (χ1n) is 7.75. The second-order valence-electron chi connectivity index (χ2n) is 5.96. The Bertz CT molecular complexity index is 470. The molecule has 0 radical (unpaired) electrons. The number of carbonyl (C=O) groups excluding carboxylic acids is 1. The molecule has 1 fully saturated rings. The van der Waals surface area contributed by atoms with Crippen molar-refractivity contribution in [2.75, 3.05) is 25.0 Å². The number of benzene rings is 1. The van der Waals surface area contributed by atoms with E-state index in [4.69, 9.17) is 0 Å². The van der Waals surface area contributed by atoms with E-state index in [0.29, 0.717) is 5.92 Å². The number of anilines is 1. The standard InChI is InChI=1S/C17H26N2O/c1-4-9-18-16-8-7-15(11-14(16)3)17(20)19-10-5-6-13(2)12-19/h7-8,11,13,18H,4-6,9-10,12H2,1-3H3. The number of hydrogen-bond acceptors (Lipinski definition) is 2. The van der Waals surface area contributed by atoms with Gasteiger partial charge in [0, 0.05) is 30.9 Å². The summed E-state index contributed by atoms with van der Waals surface area (Å²) >= 11 is 0. The molecule has 1 aliphatic heterocycles. The molecule has 1 heterocycles. The van der Waals surface area contributed by atoms with Crippen molar-refractivity contribution in [3.63, 3.8) is 0 Å². The van der Waals surface area contributed by atoms with Crippen molar-refractivity contribution in [1.29, 1.82) is 0 Å². The van der Waals surface area contributed by atoms with Crippen LogP contribution < -0.4 is 5.32 Å². The minimum absolute atomic E-state index is 0.182. The number of amides is 1. The topological polar surface area (TPSA) is 32.3 Å². The molecule has 1 saturated heterocycles. The van der Waals surface area contributed by atoms with Crippen LogP contribution in [0.2, 0.25) is 0 Å². The van der Waals surface area contributed by atoms with Gasteiger partial charge in [-0.15, -0.1) is 0 Å². The zero-order valence-electron chi connectivity index (χ0n) is 12.9. The van der Waals surface area contributed by atoms with Gasteiger partial charge in [0.1, 0.15) is 0 Å². The number of rotatable bonds is 4. The quantitative estimate of drug-likeness (QED) is 0.908. The highest BCUT2D eigenvalue weighted by Crippen LogP contribution is 2.21. The van der Waals surface area contributed by atoms with Crippen molar-refractivity contribution < 1.29 is 4.79 Å². The lowest BCUT2D eigenvalue weighted by molar-refractivity contribution is 0.0683. The summed E-state index contributed by atoms with van der Waals surface area (Å²) in [5.74, 6) is 0.806. The van der Waals surface area contributed by atoms with Gasteiger partial charge in [-0.25, -0.2) is 0 Å². The zero-order chi connectivity index (χ0) is 14.5. The lowest BCUT2D eigenvalue weighted by Gasteiger charge is -2.31. The molecule has 2 rings (SSSR count). The number of aryl methyl sites for hydroxylation is 1. The van der Waals surface area contributed by atoms with Crippen molar-refractivity contribution in [3.8, 4) is 0 Å². The van der Waals surface area contributed by atoms with Crippen LogP contribution >= 0.6 is 0 Å². The van der Waals surface area contributed by atoms with Gasteiger partial charge in [0.25, 0.3) is 5.91 Å². The van der Waals surface area contributed by atoms with Crippen LogP contribution in [-0.4, -0.2) is 30.4 Å². The van der Waals surface area contributed by atoms with E-state index in [0.717, 1.165) is 49.3 Å². The smallest absolute Gasteiger partial charge is 0.253 e. The van der Waals surface area contributed by atoms with Gasteiger partial charge in [-0.2, -0.15) is 0 Å². The van der Waals surface area contributed by atoms with Crippen LogP contribution in [0.5, 0.6) is 0 Å². The Kier molecular flexibility index (Phi) is 5.05. The van der Waals surface area contributed by atoms with Crippen LogP contribution in [0.1, 0.15) is 49.0 Å². The van der Waals surface area contributed by atoms with Gasteiger partial charge in [0.05, 0.1) is 0 Å². The molecule has 1 N–H and O–H groups in total. The molecule has 1 aliphatic rings. The molecule has 0 aromatic heterocycles. The van der Waals surface area contributed by atoms with Gasteiger partial charge in [-0.05, 0) is 55.9 Å². The third kappa shape index (κ3) is 3.53. The summed E-state index contributed by atoms with van der Waals surface area (Å²) in [4.78, 5) is 14.5. The van der Waals surface area contributed by atoms with Crippen LogP contribution in [0.3, 0.4) is 0 Å². The van der Waals surface area contributed by atoms with E-state index >= 15 is 0 Å². The average molecular weight is 274 g/mol. The molecule has 1 unspecified atom stereocenters. The Balaban J connectivity index is 2.08. The van der Waals surface area contributed by atoms with E-state index in [1.807, 2.05) is 23.1 Å². The van der Waals surface area contributed by atoms with E-state index in [1.54, 1.807) is 0 Å².